The van der Waals surface area contributed by atoms with E-state index in [1.165, 1.54) is 17.1 Å². The molecule has 4 aromatic carbocycles. The van der Waals surface area contributed by atoms with Gasteiger partial charge in [-0.05, 0) is 84.5 Å². The monoisotopic (exact) mass is 664 g/mol. The third-order valence-electron chi connectivity index (χ3n) is 6.07. The summed E-state index contributed by atoms with van der Waals surface area (Å²) in [6.07, 6.45) is 1.74. The topological polar surface area (TPSA) is 85.3 Å². The van der Waals surface area contributed by atoms with E-state index in [0.717, 1.165) is 11.1 Å². The minimum atomic E-state index is -4.10. The van der Waals surface area contributed by atoms with Crippen molar-refractivity contribution in [2.24, 2.45) is 5.10 Å². The van der Waals surface area contributed by atoms with Gasteiger partial charge in [0.05, 0.1) is 21.4 Å². The van der Waals surface area contributed by atoms with Gasteiger partial charge in [-0.1, -0.05) is 66.2 Å². The van der Waals surface area contributed by atoms with Crippen LogP contribution in [0.25, 0.3) is 6.08 Å². The summed E-state index contributed by atoms with van der Waals surface area (Å²) in [6, 6.07) is 28.6. The summed E-state index contributed by atoms with van der Waals surface area (Å²) < 4.78 is 38.0. The molecule has 1 aliphatic heterocycles. The van der Waals surface area contributed by atoms with Crippen LogP contribution in [0.5, 0.6) is 11.5 Å². The highest BCUT2D eigenvalue weighted by atomic mass is 127. The number of hydrazone groups is 1. The molecule has 0 radical (unpaired) electrons. The average Bonchev–Trinajstić information content (AvgIpc) is 3.27. The third-order valence-corrected chi connectivity index (χ3v) is 8.11. The Labute approximate surface area is 247 Å². The van der Waals surface area contributed by atoms with E-state index in [0.29, 0.717) is 26.1 Å². The molecule has 7 nitrogen and oxygen atoms in total. The van der Waals surface area contributed by atoms with Crippen molar-refractivity contribution in [2.75, 3.05) is 11.6 Å². The Morgan fingerprint density at radius 3 is 2.23 bits per heavy atom. The lowest BCUT2D eigenvalue weighted by Gasteiger charge is -2.15. The van der Waals surface area contributed by atoms with Crippen LogP contribution in [0.4, 0.5) is 5.69 Å². The zero-order valence-corrected chi connectivity index (χ0v) is 24.7. The summed E-state index contributed by atoms with van der Waals surface area (Å²) in [5.41, 5.74) is 3.95. The molecule has 4 aromatic rings. The second-order valence-electron chi connectivity index (χ2n) is 8.94. The lowest BCUT2D eigenvalue weighted by atomic mass is 10.00. The zero-order chi connectivity index (χ0) is 28.3. The molecule has 0 N–H and O–H groups in total. The van der Waals surface area contributed by atoms with E-state index < -0.39 is 10.1 Å². The fraction of sp³-hybridized carbons (Fsp3) is 0.0968. The number of anilines is 1. The van der Waals surface area contributed by atoms with Gasteiger partial charge in [0, 0.05) is 5.56 Å². The fourth-order valence-electron chi connectivity index (χ4n) is 4.14. The highest BCUT2D eigenvalue weighted by Crippen LogP contribution is 2.38. The molecule has 0 unspecified atom stereocenters. The molecule has 0 aromatic heterocycles. The summed E-state index contributed by atoms with van der Waals surface area (Å²) in [5, 5.41) is 6.05. The summed E-state index contributed by atoms with van der Waals surface area (Å²) >= 11 is 2.01. The van der Waals surface area contributed by atoms with Crippen LogP contribution in [0.3, 0.4) is 0 Å². The van der Waals surface area contributed by atoms with Crippen molar-refractivity contribution in [1.29, 1.82) is 0 Å². The van der Waals surface area contributed by atoms with E-state index in [2.05, 4.69) is 5.10 Å². The van der Waals surface area contributed by atoms with Crippen LogP contribution in [0.15, 0.2) is 113 Å². The Morgan fingerprint density at radius 1 is 0.925 bits per heavy atom. The smallest absolute Gasteiger partial charge is 0.339 e. The molecule has 0 aliphatic carbocycles. The van der Waals surface area contributed by atoms with Crippen LogP contribution in [0.1, 0.15) is 23.6 Å². The number of aryl methyl sites for hydroxylation is 1. The van der Waals surface area contributed by atoms with Crippen LogP contribution in [0, 0.1) is 10.5 Å². The highest BCUT2D eigenvalue weighted by Gasteiger charge is 2.32. The number of para-hydroxylation sites is 1. The predicted molar refractivity (Wildman–Crippen MR) is 164 cm³/mol. The largest absolute Gasteiger partial charge is 0.490 e. The number of nitrogens with zero attached hydrogens (tertiary/aromatic N) is 2. The average molecular weight is 665 g/mol. The van der Waals surface area contributed by atoms with Crippen LogP contribution < -0.4 is 13.9 Å². The summed E-state index contributed by atoms with van der Waals surface area (Å²) in [4.78, 5) is 13.7. The molecule has 0 saturated carbocycles. The van der Waals surface area contributed by atoms with Gasteiger partial charge in [0.25, 0.3) is 5.91 Å². The van der Waals surface area contributed by atoms with Gasteiger partial charge in [-0.15, -0.1) is 0 Å². The Balaban J connectivity index is 1.56. The normalized spacial score (nSPS) is 14.4. The Kier molecular flexibility index (Phi) is 8.04. The maximum Gasteiger partial charge on any atom is 0.339 e. The number of halogens is 1. The molecule has 0 atom stereocenters. The molecule has 5 rings (SSSR count). The van der Waals surface area contributed by atoms with Crippen molar-refractivity contribution in [3.05, 3.63) is 123 Å². The zero-order valence-electron chi connectivity index (χ0n) is 21.7. The van der Waals surface area contributed by atoms with Crippen molar-refractivity contribution in [3.8, 4) is 11.5 Å². The Hall–Kier alpha value is -3.96. The number of carbonyl (C=O) groups is 1. The van der Waals surface area contributed by atoms with Gasteiger partial charge in [0.2, 0.25) is 0 Å². The maximum atomic E-state index is 13.6. The van der Waals surface area contributed by atoms with Gasteiger partial charge in [0.15, 0.2) is 11.5 Å². The first-order valence-corrected chi connectivity index (χ1v) is 15.0. The molecule has 0 spiro atoms. The molecule has 9 heteroatoms. The van der Waals surface area contributed by atoms with E-state index in [-0.39, 0.29) is 28.9 Å². The minimum absolute atomic E-state index is 0.0452. The quantitative estimate of drug-likeness (QED) is 0.120. The lowest BCUT2D eigenvalue weighted by Crippen LogP contribution is -2.21. The van der Waals surface area contributed by atoms with E-state index in [1.54, 1.807) is 37.3 Å². The van der Waals surface area contributed by atoms with Gasteiger partial charge in [-0.3, -0.25) is 4.79 Å². The second kappa shape index (κ2) is 11.6. The minimum Gasteiger partial charge on any atom is -0.490 e. The molecule has 1 amide bonds. The van der Waals surface area contributed by atoms with Crippen LogP contribution >= 0.6 is 22.6 Å². The third kappa shape index (κ3) is 5.80. The molecule has 40 heavy (non-hydrogen) atoms. The number of ether oxygens (including phenoxy) is 1. The van der Waals surface area contributed by atoms with Crippen LogP contribution in [-0.2, 0) is 14.9 Å². The van der Waals surface area contributed by atoms with Crippen LogP contribution in [0.2, 0.25) is 0 Å². The first-order valence-electron chi connectivity index (χ1n) is 12.5. The number of carbonyl (C=O) groups excluding carboxylic acids is 1. The summed E-state index contributed by atoms with van der Waals surface area (Å²) in [5.74, 6) is 0.0616. The van der Waals surface area contributed by atoms with E-state index >= 15 is 0 Å². The first-order chi connectivity index (χ1) is 19.3. The SMILES string of the molecule is CCOc1cc(/C=C2\C(=O)N(c3ccccc3)N=C2c2ccccc2)cc(I)c1OS(=O)(=O)c1ccc(C)cc1. The van der Waals surface area contributed by atoms with E-state index in [1.807, 2.05) is 90.2 Å². The summed E-state index contributed by atoms with van der Waals surface area (Å²) in [6.45, 7) is 3.96. The van der Waals surface area contributed by atoms with Crippen molar-refractivity contribution in [3.63, 3.8) is 0 Å². The molecular weight excluding hydrogens is 639 g/mol. The van der Waals surface area contributed by atoms with Gasteiger partial charge in [-0.2, -0.15) is 18.5 Å². The van der Waals surface area contributed by atoms with E-state index in [4.69, 9.17) is 8.92 Å². The van der Waals surface area contributed by atoms with Gasteiger partial charge >= 0.3 is 10.1 Å². The van der Waals surface area contributed by atoms with Crippen molar-refractivity contribution in [1.82, 2.24) is 0 Å². The molecule has 1 heterocycles. The first kappa shape index (κ1) is 27.6. The van der Waals surface area contributed by atoms with Gasteiger partial charge < -0.3 is 8.92 Å². The molecule has 0 saturated heterocycles. The standard InChI is InChI=1S/C31H25IN2O5S/c1-3-38-28-20-22(19-27(32)30(28)39-40(36,37)25-16-14-21(2)15-17-25)18-26-29(23-10-6-4-7-11-23)33-34(31(26)35)24-12-8-5-9-13-24/h4-20H,3H2,1-2H3/b26-18-. The number of rotatable bonds is 8. The van der Waals surface area contributed by atoms with Gasteiger partial charge in [-0.25, -0.2) is 0 Å². The highest BCUT2D eigenvalue weighted by molar-refractivity contribution is 14.1. The molecular formula is C31H25IN2O5S. The molecule has 1 aliphatic rings. The van der Waals surface area contributed by atoms with Crippen LogP contribution in [-0.4, -0.2) is 26.6 Å². The number of hydrogen-bond donors (Lipinski definition) is 0. The fourth-order valence-corrected chi connectivity index (χ4v) is 5.98. The maximum absolute atomic E-state index is 13.6. The van der Waals surface area contributed by atoms with Gasteiger partial charge in [0.1, 0.15) is 10.6 Å². The molecule has 0 bridgehead atoms. The van der Waals surface area contributed by atoms with Crippen molar-refractivity contribution in [2.45, 2.75) is 18.7 Å². The predicted octanol–water partition coefficient (Wildman–Crippen LogP) is 6.60. The van der Waals surface area contributed by atoms with Crippen molar-refractivity contribution < 1.29 is 22.1 Å². The Morgan fingerprint density at radius 2 is 1.57 bits per heavy atom. The van der Waals surface area contributed by atoms with E-state index in [9.17, 15) is 13.2 Å². The lowest BCUT2D eigenvalue weighted by molar-refractivity contribution is -0.114. The summed E-state index contributed by atoms with van der Waals surface area (Å²) in [7, 11) is -4.10. The number of benzene rings is 4. The molecule has 202 valence electrons. The molecule has 0 fully saturated rings. The number of hydrogen-bond acceptors (Lipinski definition) is 6. The van der Waals surface area contributed by atoms with Crippen molar-refractivity contribution >= 4 is 56.1 Å². The Bertz CT molecular complexity index is 1720. The number of amides is 1. The second-order valence-corrected chi connectivity index (χ2v) is 11.6.